The van der Waals surface area contributed by atoms with Gasteiger partial charge in [0.1, 0.15) is 0 Å². The second-order valence-corrected chi connectivity index (χ2v) is 5.79. The van der Waals surface area contributed by atoms with Crippen LogP contribution in [0, 0.1) is 12.8 Å². The van der Waals surface area contributed by atoms with Gasteiger partial charge in [0.15, 0.2) is 5.82 Å². The number of benzene rings is 1. The summed E-state index contributed by atoms with van der Waals surface area (Å²) in [7, 11) is 0. The van der Waals surface area contributed by atoms with Gasteiger partial charge in [-0.15, -0.1) is 5.10 Å². The Morgan fingerprint density at radius 1 is 1.48 bits per heavy atom. The molecule has 1 heterocycles. The lowest BCUT2D eigenvalue weighted by Gasteiger charge is -2.14. The molecule has 0 amide bonds. The highest BCUT2D eigenvalue weighted by atomic mass is 79.9. The number of aryl methyl sites for hydroxylation is 1. The van der Waals surface area contributed by atoms with E-state index < -0.39 is 5.97 Å². The molecule has 1 atom stereocenters. The van der Waals surface area contributed by atoms with Gasteiger partial charge in [0.2, 0.25) is 0 Å². The topological polar surface area (TPSA) is 80.9 Å². The van der Waals surface area contributed by atoms with Crippen molar-refractivity contribution in [2.24, 2.45) is 5.92 Å². The van der Waals surface area contributed by atoms with Crippen LogP contribution in [-0.2, 0) is 11.3 Å². The molecule has 0 spiro atoms. The van der Waals surface area contributed by atoms with Gasteiger partial charge in [-0.3, -0.25) is 4.79 Å². The number of halogens is 1. The number of hydrogen-bond acceptors (Lipinski definition) is 4. The number of tetrazole rings is 1. The number of carboxylic acids is 1. The van der Waals surface area contributed by atoms with Crippen LogP contribution in [0.15, 0.2) is 22.7 Å². The number of carboxylic acid groups (broad SMARTS) is 1. The van der Waals surface area contributed by atoms with Crippen molar-refractivity contribution in [2.45, 2.75) is 33.2 Å². The monoisotopic (exact) mass is 352 g/mol. The van der Waals surface area contributed by atoms with Gasteiger partial charge in [-0.25, -0.2) is 4.68 Å². The molecule has 0 aliphatic heterocycles. The summed E-state index contributed by atoms with van der Waals surface area (Å²) in [6.07, 6.45) is 0.880. The van der Waals surface area contributed by atoms with Crippen LogP contribution in [0.2, 0.25) is 0 Å². The fourth-order valence-electron chi connectivity index (χ4n) is 2.17. The van der Waals surface area contributed by atoms with Crippen LogP contribution in [0.1, 0.15) is 25.3 Å². The first-order chi connectivity index (χ1) is 10.0. The minimum absolute atomic E-state index is 0.00772. The summed E-state index contributed by atoms with van der Waals surface area (Å²) in [6.45, 7) is 4.47. The molecule has 1 N–H and O–H groups in total. The average molecular weight is 353 g/mol. The van der Waals surface area contributed by atoms with Gasteiger partial charge in [-0.05, 0) is 50.8 Å². The van der Waals surface area contributed by atoms with Crippen LogP contribution in [0.3, 0.4) is 0 Å². The lowest BCUT2D eigenvalue weighted by Crippen LogP contribution is -2.16. The molecule has 0 saturated carbocycles. The largest absolute Gasteiger partial charge is 0.481 e. The average Bonchev–Trinajstić information content (AvgIpc) is 2.88. The lowest BCUT2D eigenvalue weighted by molar-refractivity contribution is -0.138. The molecule has 0 aliphatic rings. The zero-order valence-electron chi connectivity index (χ0n) is 12.0. The van der Waals surface area contributed by atoms with Gasteiger partial charge in [-0.2, -0.15) is 0 Å². The number of aromatic nitrogens is 4. The molecule has 112 valence electrons. The molecule has 2 rings (SSSR count). The first-order valence-corrected chi connectivity index (χ1v) is 7.55. The summed E-state index contributed by atoms with van der Waals surface area (Å²) < 4.78 is 2.63. The number of aliphatic carboxylic acids is 1. The van der Waals surface area contributed by atoms with Crippen molar-refractivity contribution in [3.05, 3.63) is 28.2 Å². The second kappa shape index (κ2) is 6.80. The second-order valence-electron chi connectivity index (χ2n) is 4.99. The summed E-state index contributed by atoms with van der Waals surface area (Å²) in [5.41, 5.74) is 2.00. The maximum absolute atomic E-state index is 10.9. The van der Waals surface area contributed by atoms with Crippen molar-refractivity contribution in [3.63, 3.8) is 0 Å². The highest BCUT2D eigenvalue weighted by Gasteiger charge is 2.18. The number of rotatable bonds is 6. The van der Waals surface area contributed by atoms with E-state index in [0.29, 0.717) is 12.4 Å². The van der Waals surface area contributed by atoms with Gasteiger partial charge in [0, 0.05) is 23.0 Å². The molecule has 0 radical (unpaired) electrons. The number of carbonyl (C=O) groups is 1. The molecule has 1 aromatic heterocycles. The molecule has 6 nitrogen and oxygen atoms in total. The standard InChI is InChI=1S/C14H17BrN4O2/c1-3-10(7-12(20)21)8-19-14(16-17-18-19)11-6-4-5-9(2)13(11)15/h4-6,10H,3,7-8H2,1-2H3,(H,20,21). The van der Waals surface area contributed by atoms with Crippen LogP contribution >= 0.6 is 15.9 Å². The third-order valence-electron chi connectivity index (χ3n) is 3.44. The predicted octanol–water partition coefficient (Wildman–Crippen LogP) is 2.91. The van der Waals surface area contributed by atoms with Gasteiger partial charge in [0.25, 0.3) is 0 Å². The van der Waals surface area contributed by atoms with Crippen LogP contribution in [0.25, 0.3) is 11.4 Å². The van der Waals surface area contributed by atoms with E-state index in [2.05, 4.69) is 31.5 Å². The maximum Gasteiger partial charge on any atom is 0.303 e. The summed E-state index contributed by atoms with van der Waals surface area (Å²) in [5.74, 6) is -0.143. The smallest absolute Gasteiger partial charge is 0.303 e. The third kappa shape index (κ3) is 3.66. The molecule has 1 aromatic carbocycles. The van der Waals surface area contributed by atoms with Gasteiger partial charge < -0.3 is 5.11 Å². The zero-order valence-corrected chi connectivity index (χ0v) is 13.5. The zero-order chi connectivity index (χ0) is 15.4. The van der Waals surface area contributed by atoms with Gasteiger partial charge in [-0.1, -0.05) is 25.5 Å². The SMILES string of the molecule is CCC(CC(=O)O)Cn1nnnc1-c1cccc(C)c1Br. The van der Waals surface area contributed by atoms with Crippen LogP contribution < -0.4 is 0 Å². The van der Waals surface area contributed by atoms with Crippen molar-refractivity contribution >= 4 is 21.9 Å². The van der Waals surface area contributed by atoms with Crippen molar-refractivity contribution in [1.82, 2.24) is 20.2 Å². The molecule has 0 saturated heterocycles. The maximum atomic E-state index is 10.9. The van der Waals surface area contributed by atoms with E-state index >= 15 is 0 Å². The minimum Gasteiger partial charge on any atom is -0.481 e. The molecule has 0 fully saturated rings. The van der Waals surface area contributed by atoms with Crippen molar-refractivity contribution in [1.29, 1.82) is 0 Å². The summed E-state index contributed by atoms with van der Waals surface area (Å²) in [6, 6.07) is 5.89. The summed E-state index contributed by atoms with van der Waals surface area (Å²) >= 11 is 3.56. The quantitative estimate of drug-likeness (QED) is 0.864. The Morgan fingerprint density at radius 3 is 2.90 bits per heavy atom. The Bertz CT molecular complexity index is 642. The highest BCUT2D eigenvalue weighted by Crippen LogP contribution is 2.29. The minimum atomic E-state index is -0.798. The lowest BCUT2D eigenvalue weighted by atomic mass is 10.0. The molecule has 0 aliphatic carbocycles. The fraction of sp³-hybridized carbons (Fsp3) is 0.429. The summed E-state index contributed by atoms with van der Waals surface area (Å²) in [4.78, 5) is 10.9. The Balaban J connectivity index is 2.30. The molecule has 2 aromatic rings. The molecule has 21 heavy (non-hydrogen) atoms. The fourth-order valence-corrected chi connectivity index (χ4v) is 2.61. The highest BCUT2D eigenvalue weighted by molar-refractivity contribution is 9.10. The molecule has 0 bridgehead atoms. The number of nitrogens with zero attached hydrogens (tertiary/aromatic N) is 4. The van der Waals surface area contributed by atoms with Crippen LogP contribution in [-0.4, -0.2) is 31.3 Å². The van der Waals surface area contributed by atoms with Crippen molar-refractivity contribution in [3.8, 4) is 11.4 Å². The molecular formula is C14H17BrN4O2. The van der Waals surface area contributed by atoms with E-state index in [-0.39, 0.29) is 12.3 Å². The first kappa shape index (κ1) is 15.6. The van der Waals surface area contributed by atoms with E-state index in [1.165, 1.54) is 0 Å². The normalized spacial score (nSPS) is 12.3. The van der Waals surface area contributed by atoms with E-state index in [0.717, 1.165) is 22.0 Å². The Kier molecular flexibility index (Phi) is 5.06. The van der Waals surface area contributed by atoms with E-state index in [1.807, 2.05) is 32.0 Å². The van der Waals surface area contributed by atoms with Crippen molar-refractivity contribution < 1.29 is 9.90 Å². The van der Waals surface area contributed by atoms with Gasteiger partial charge in [0.05, 0.1) is 0 Å². The van der Waals surface area contributed by atoms with E-state index in [1.54, 1.807) is 4.68 Å². The predicted molar refractivity (Wildman–Crippen MR) is 81.7 cm³/mol. The Morgan fingerprint density at radius 2 is 2.24 bits per heavy atom. The van der Waals surface area contributed by atoms with E-state index in [4.69, 9.17) is 5.11 Å². The van der Waals surface area contributed by atoms with Crippen LogP contribution in [0.5, 0.6) is 0 Å². The van der Waals surface area contributed by atoms with Crippen LogP contribution in [0.4, 0.5) is 0 Å². The van der Waals surface area contributed by atoms with Crippen molar-refractivity contribution in [2.75, 3.05) is 0 Å². The summed E-state index contributed by atoms with van der Waals surface area (Å²) in [5, 5.41) is 20.8. The molecule has 7 heteroatoms. The molecular weight excluding hydrogens is 336 g/mol. The van der Waals surface area contributed by atoms with Gasteiger partial charge >= 0.3 is 5.97 Å². The first-order valence-electron chi connectivity index (χ1n) is 6.76. The Labute approximate surface area is 131 Å². The number of hydrogen-bond donors (Lipinski definition) is 1. The Hall–Kier alpha value is -1.76. The third-order valence-corrected chi connectivity index (χ3v) is 4.49. The van der Waals surface area contributed by atoms with E-state index in [9.17, 15) is 4.79 Å². The molecule has 1 unspecified atom stereocenters.